The number of hydrogen-bond donors (Lipinski definition) is 0. The van der Waals surface area contributed by atoms with Gasteiger partial charge in [-0.05, 0) is 84.3 Å². The average Bonchev–Trinajstić information content (AvgIpc) is 3.77. The Morgan fingerprint density at radius 1 is 0.438 bits per heavy atom. The quantitative estimate of drug-likeness (QED) is 0.182. The summed E-state index contributed by atoms with van der Waals surface area (Å²) in [7, 11) is 0. The maximum absolute atomic E-state index is 6.73. The highest BCUT2D eigenvalue weighted by Crippen LogP contribution is 2.65. The molecule has 0 fully saturated rings. The first-order valence-electron chi connectivity index (χ1n) is 16.5. The van der Waals surface area contributed by atoms with Gasteiger partial charge in [0, 0.05) is 34.5 Å². The summed E-state index contributed by atoms with van der Waals surface area (Å²) in [4.78, 5) is 4.50. The second kappa shape index (κ2) is 9.40. The number of benzene rings is 7. The van der Waals surface area contributed by atoms with Crippen LogP contribution in [0.2, 0.25) is 0 Å². The molecule has 9 aromatic rings. The first kappa shape index (κ1) is 25.9. The van der Waals surface area contributed by atoms with Gasteiger partial charge in [-0.3, -0.25) is 4.98 Å². The second-order valence-electron chi connectivity index (χ2n) is 13.0. The molecule has 2 nitrogen and oxygen atoms in total. The Morgan fingerprint density at radius 3 is 1.69 bits per heavy atom. The van der Waals surface area contributed by atoms with Gasteiger partial charge in [-0.15, -0.1) is 0 Å². The lowest BCUT2D eigenvalue weighted by atomic mass is 9.69. The normalized spacial score (nSPS) is 15.6. The Kier molecular flexibility index (Phi) is 5.07. The van der Waals surface area contributed by atoms with Crippen LogP contribution in [0.15, 0.2) is 168 Å². The lowest BCUT2D eigenvalue weighted by Crippen LogP contribution is -2.25. The number of aromatic nitrogens is 1. The van der Waals surface area contributed by atoms with E-state index in [4.69, 9.17) is 4.42 Å². The monoisotopic (exact) mass is 609 g/mol. The van der Waals surface area contributed by atoms with Crippen LogP contribution in [0.3, 0.4) is 0 Å². The average molecular weight is 610 g/mol. The van der Waals surface area contributed by atoms with Crippen molar-refractivity contribution in [1.82, 2.24) is 4.98 Å². The standard InChI is InChI=1S/C46H27NO/c1-3-16-34-32(14-1)42(33-15-2-4-17-35(33)43(34)29-12-11-25-47-27-29)28-23-24-31-30-13-5-8-20-38(30)46(40(31)26-28)39-21-9-6-18-36(39)45-44(46)37-19-7-10-22-41(37)48-45/h1-27H. The Bertz CT molecular complexity index is 2730. The summed E-state index contributed by atoms with van der Waals surface area (Å²) in [5.41, 5.74) is 14.2. The molecule has 2 aromatic heterocycles. The molecule has 0 aliphatic heterocycles. The van der Waals surface area contributed by atoms with Crippen LogP contribution < -0.4 is 0 Å². The molecular formula is C46H27NO. The molecule has 1 spiro atoms. The van der Waals surface area contributed by atoms with E-state index in [0.717, 1.165) is 16.9 Å². The molecule has 0 saturated carbocycles. The minimum atomic E-state index is -0.498. The van der Waals surface area contributed by atoms with Gasteiger partial charge >= 0.3 is 0 Å². The number of hydrogen-bond acceptors (Lipinski definition) is 2. The number of pyridine rings is 1. The molecule has 2 aliphatic carbocycles. The Morgan fingerprint density at radius 2 is 1.00 bits per heavy atom. The molecule has 48 heavy (non-hydrogen) atoms. The summed E-state index contributed by atoms with van der Waals surface area (Å²) in [6.45, 7) is 0. The van der Waals surface area contributed by atoms with Crippen molar-refractivity contribution in [1.29, 1.82) is 0 Å². The highest BCUT2D eigenvalue weighted by Gasteiger charge is 2.54. The second-order valence-corrected chi connectivity index (χ2v) is 13.0. The third-order valence-electron chi connectivity index (χ3n) is 10.8. The van der Waals surface area contributed by atoms with E-state index in [-0.39, 0.29) is 0 Å². The number of fused-ring (bicyclic) bond motifs is 14. The van der Waals surface area contributed by atoms with Gasteiger partial charge in [0.15, 0.2) is 0 Å². The van der Waals surface area contributed by atoms with Gasteiger partial charge in [0.25, 0.3) is 0 Å². The molecule has 0 radical (unpaired) electrons. The van der Waals surface area contributed by atoms with Crippen LogP contribution in [0.5, 0.6) is 0 Å². The molecular weight excluding hydrogens is 583 g/mol. The van der Waals surface area contributed by atoms with Crippen molar-refractivity contribution >= 4 is 32.5 Å². The number of rotatable bonds is 2. The van der Waals surface area contributed by atoms with Crippen molar-refractivity contribution in [3.8, 4) is 44.7 Å². The topological polar surface area (TPSA) is 26.0 Å². The molecule has 222 valence electrons. The fraction of sp³-hybridized carbons (Fsp3) is 0.0217. The van der Waals surface area contributed by atoms with E-state index in [1.165, 1.54) is 82.6 Å². The first-order chi connectivity index (χ1) is 23.8. The minimum Gasteiger partial charge on any atom is -0.456 e. The molecule has 2 aliphatic rings. The van der Waals surface area contributed by atoms with E-state index in [1.807, 2.05) is 18.5 Å². The van der Waals surface area contributed by atoms with Crippen LogP contribution in [0, 0.1) is 0 Å². The highest BCUT2D eigenvalue weighted by atomic mass is 16.3. The van der Waals surface area contributed by atoms with Gasteiger partial charge in [-0.2, -0.15) is 0 Å². The summed E-state index contributed by atoms with van der Waals surface area (Å²) >= 11 is 0. The number of furan rings is 1. The lowest BCUT2D eigenvalue weighted by Gasteiger charge is -2.30. The van der Waals surface area contributed by atoms with Crippen LogP contribution in [0.1, 0.15) is 22.3 Å². The summed E-state index contributed by atoms with van der Waals surface area (Å²) in [6, 6.07) is 55.4. The first-order valence-corrected chi connectivity index (χ1v) is 16.5. The van der Waals surface area contributed by atoms with E-state index < -0.39 is 5.41 Å². The smallest absolute Gasteiger partial charge is 0.140 e. The summed E-state index contributed by atoms with van der Waals surface area (Å²) < 4.78 is 6.73. The molecule has 11 rings (SSSR count). The van der Waals surface area contributed by atoms with E-state index in [0.29, 0.717) is 0 Å². The van der Waals surface area contributed by atoms with Crippen molar-refractivity contribution < 1.29 is 4.42 Å². The van der Waals surface area contributed by atoms with Crippen molar-refractivity contribution in [2.45, 2.75) is 5.41 Å². The van der Waals surface area contributed by atoms with Gasteiger partial charge in [-0.25, -0.2) is 0 Å². The van der Waals surface area contributed by atoms with Crippen molar-refractivity contribution in [2.24, 2.45) is 0 Å². The Hall–Kier alpha value is -6.25. The molecule has 1 atom stereocenters. The maximum atomic E-state index is 6.73. The molecule has 0 saturated heterocycles. The predicted octanol–water partition coefficient (Wildman–Crippen LogP) is 11.8. The molecule has 2 heterocycles. The molecule has 0 bridgehead atoms. The van der Waals surface area contributed by atoms with E-state index in [9.17, 15) is 0 Å². The number of para-hydroxylation sites is 1. The summed E-state index contributed by atoms with van der Waals surface area (Å²) in [5.74, 6) is 0.983. The zero-order valence-electron chi connectivity index (χ0n) is 25.9. The van der Waals surface area contributed by atoms with Crippen LogP contribution in [0.25, 0.3) is 77.2 Å². The van der Waals surface area contributed by atoms with Crippen molar-refractivity contribution in [3.05, 3.63) is 186 Å². The zero-order chi connectivity index (χ0) is 31.4. The van der Waals surface area contributed by atoms with E-state index >= 15 is 0 Å². The van der Waals surface area contributed by atoms with Crippen LogP contribution >= 0.6 is 0 Å². The van der Waals surface area contributed by atoms with Crippen LogP contribution in [-0.2, 0) is 5.41 Å². The van der Waals surface area contributed by atoms with Gasteiger partial charge in [-0.1, -0.05) is 133 Å². The van der Waals surface area contributed by atoms with E-state index in [1.54, 1.807) is 0 Å². The minimum absolute atomic E-state index is 0.498. The maximum Gasteiger partial charge on any atom is 0.140 e. The molecule has 0 amide bonds. The SMILES string of the molecule is c1cncc(-c2c3ccccc3c(-c3ccc4c(c3)C3(c5ccccc5-4)c4ccccc4-c4oc5ccccc5c43)c3ccccc23)c1. The third-order valence-corrected chi connectivity index (χ3v) is 10.8. The molecule has 0 N–H and O–H groups in total. The van der Waals surface area contributed by atoms with Gasteiger partial charge in [0.1, 0.15) is 11.3 Å². The fourth-order valence-corrected chi connectivity index (χ4v) is 9.01. The summed E-state index contributed by atoms with van der Waals surface area (Å²) in [5, 5.41) is 6.11. The van der Waals surface area contributed by atoms with Gasteiger partial charge in [0.2, 0.25) is 0 Å². The zero-order valence-corrected chi connectivity index (χ0v) is 25.9. The molecule has 7 aromatic carbocycles. The Balaban J connectivity index is 1.28. The number of nitrogens with zero attached hydrogens (tertiary/aromatic N) is 1. The predicted molar refractivity (Wildman–Crippen MR) is 196 cm³/mol. The van der Waals surface area contributed by atoms with E-state index in [2.05, 4.69) is 151 Å². The van der Waals surface area contributed by atoms with Crippen molar-refractivity contribution in [3.63, 3.8) is 0 Å². The van der Waals surface area contributed by atoms with Crippen LogP contribution in [0.4, 0.5) is 0 Å². The highest BCUT2D eigenvalue weighted by molar-refractivity contribution is 6.21. The lowest BCUT2D eigenvalue weighted by molar-refractivity contribution is 0.628. The largest absolute Gasteiger partial charge is 0.456 e. The molecule has 2 heteroatoms. The summed E-state index contributed by atoms with van der Waals surface area (Å²) in [6.07, 6.45) is 3.82. The Labute approximate surface area is 277 Å². The van der Waals surface area contributed by atoms with Gasteiger partial charge < -0.3 is 4.42 Å². The van der Waals surface area contributed by atoms with Crippen molar-refractivity contribution in [2.75, 3.05) is 0 Å². The van der Waals surface area contributed by atoms with Gasteiger partial charge in [0.05, 0.1) is 5.41 Å². The third kappa shape index (κ3) is 3.15. The van der Waals surface area contributed by atoms with Crippen LogP contribution in [-0.4, -0.2) is 4.98 Å². The molecule has 1 unspecified atom stereocenters. The fourth-order valence-electron chi connectivity index (χ4n) is 9.01.